The third-order valence-corrected chi connectivity index (χ3v) is 4.39. The number of nitrogens with one attached hydrogen (secondary N) is 1. The fourth-order valence-electron chi connectivity index (χ4n) is 3.01. The van der Waals surface area contributed by atoms with Crippen molar-refractivity contribution < 1.29 is 9.53 Å². The van der Waals surface area contributed by atoms with Gasteiger partial charge in [0.15, 0.2) is 6.61 Å². The van der Waals surface area contributed by atoms with Crippen molar-refractivity contribution in [3.63, 3.8) is 0 Å². The molecule has 1 atom stereocenters. The van der Waals surface area contributed by atoms with Gasteiger partial charge in [0.1, 0.15) is 5.75 Å². The van der Waals surface area contributed by atoms with Crippen molar-refractivity contribution in [2.45, 2.75) is 39.2 Å². The second kappa shape index (κ2) is 6.86. The molecule has 1 N–H and O–H groups in total. The fourth-order valence-corrected chi connectivity index (χ4v) is 3.01. The Bertz CT molecular complexity index is 691. The topological polar surface area (TPSA) is 38.3 Å². The maximum atomic E-state index is 12.1. The number of aryl methyl sites for hydroxylation is 3. The number of amides is 1. The number of ether oxygens (including phenoxy) is 1. The number of fused-ring (bicyclic) bond motifs is 1. The van der Waals surface area contributed by atoms with Crippen LogP contribution in [0.25, 0.3) is 0 Å². The van der Waals surface area contributed by atoms with Gasteiger partial charge in [-0.15, -0.1) is 0 Å². The smallest absolute Gasteiger partial charge is 0.258 e. The van der Waals surface area contributed by atoms with Gasteiger partial charge in [0.05, 0.1) is 6.04 Å². The van der Waals surface area contributed by atoms with Gasteiger partial charge in [-0.25, -0.2) is 0 Å². The molecule has 2 aromatic carbocycles. The Labute approximate surface area is 137 Å². The second-order valence-electron chi connectivity index (χ2n) is 6.27. The molecule has 0 bridgehead atoms. The maximum absolute atomic E-state index is 12.1. The van der Waals surface area contributed by atoms with Gasteiger partial charge in [-0.3, -0.25) is 4.79 Å². The molecule has 0 aliphatic heterocycles. The Morgan fingerprint density at radius 1 is 1.13 bits per heavy atom. The van der Waals surface area contributed by atoms with Gasteiger partial charge in [-0.2, -0.15) is 0 Å². The number of benzene rings is 2. The Balaban J connectivity index is 1.54. The first-order valence-electron chi connectivity index (χ1n) is 8.22. The van der Waals surface area contributed by atoms with Crippen LogP contribution in [0.2, 0.25) is 0 Å². The van der Waals surface area contributed by atoms with Gasteiger partial charge in [0, 0.05) is 0 Å². The summed E-state index contributed by atoms with van der Waals surface area (Å²) in [5.74, 6) is 0.620. The van der Waals surface area contributed by atoms with Gasteiger partial charge in [0.25, 0.3) is 5.91 Å². The summed E-state index contributed by atoms with van der Waals surface area (Å²) in [5, 5.41) is 3.01. The summed E-state index contributed by atoms with van der Waals surface area (Å²) in [6.45, 7) is 4.08. The summed E-state index contributed by atoms with van der Waals surface area (Å²) in [4.78, 5) is 12.1. The normalized spacial score (nSPS) is 14.2. The van der Waals surface area contributed by atoms with Crippen LogP contribution in [0.15, 0.2) is 42.5 Å². The summed E-state index contributed by atoms with van der Waals surface area (Å²) < 4.78 is 5.52. The van der Waals surface area contributed by atoms with Crippen LogP contribution in [-0.2, 0) is 17.6 Å². The lowest BCUT2D eigenvalue weighted by Crippen LogP contribution is -2.31. The van der Waals surface area contributed by atoms with Crippen LogP contribution < -0.4 is 10.1 Å². The first-order chi connectivity index (χ1) is 11.1. The Morgan fingerprint density at radius 3 is 2.65 bits per heavy atom. The maximum Gasteiger partial charge on any atom is 0.258 e. The predicted octanol–water partition coefficient (Wildman–Crippen LogP) is 3.74. The number of rotatable bonds is 5. The number of hydrogen-bond acceptors (Lipinski definition) is 2. The van der Waals surface area contributed by atoms with E-state index in [-0.39, 0.29) is 18.6 Å². The molecule has 0 radical (unpaired) electrons. The first kappa shape index (κ1) is 15.6. The van der Waals surface area contributed by atoms with Crippen LogP contribution in [-0.4, -0.2) is 12.5 Å². The van der Waals surface area contributed by atoms with E-state index in [4.69, 9.17) is 4.74 Å². The first-order valence-corrected chi connectivity index (χ1v) is 8.22. The Kier molecular flexibility index (Phi) is 4.65. The molecule has 0 unspecified atom stereocenters. The van der Waals surface area contributed by atoms with Crippen molar-refractivity contribution in [3.8, 4) is 5.75 Å². The lowest BCUT2D eigenvalue weighted by atomic mass is 10.0. The molecule has 0 saturated carbocycles. The molecular formula is C20H23NO2. The van der Waals surface area contributed by atoms with E-state index in [0.29, 0.717) is 0 Å². The highest BCUT2D eigenvalue weighted by molar-refractivity contribution is 5.78. The van der Waals surface area contributed by atoms with E-state index in [1.807, 2.05) is 38.1 Å². The molecule has 0 spiro atoms. The minimum Gasteiger partial charge on any atom is -0.484 e. The van der Waals surface area contributed by atoms with Crippen molar-refractivity contribution >= 4 is 5.91 Å². The largest absolute Gasteiger partial charge is 0.484 e. The average Bonchev–Trinajstić information content (AvgIpc) is 3.02. The minimum atomic E-state index is -0.0985. The van der Waals surface area contributed by atoms with Crippen LogP contribution in [0, 0.1) is 6.92 Å². The fraction of sp³-hybridized carbons (Fsp3) is 0.350. The minimum absolute atomic E-state index is 0.00461. The van der Waals surface area contributed by atoms with Crippen LogP contribution >= 0.6 is 0 Å². The van der Waals surface area contributed by atoms with Gasteiger partial charge < -0.3 is 10.1 Å². The number of carbonyl (C=O) groups is 1. The van der Waals surface area contributed by atoms with Crippen LogP contribution in [0.4, 0.5) is 0 Å². The summed E-state index contributed by atoms with van der Waals surface area (Å²) in [6, 6.07) is 14.3. The molecule has 3 nitrogen and oxygen atoms in total. The van der Waals surface area contributed by atoms with E-state index < -0.39 is 0 Å². The molecule has 120 valence electrons. The quantitative estimate of drug-likeness (QED) is 0.913. The standard InChI is InChI=1S/C20H23NO2/c1-14-6-10-19(11-7-14)23-13-20(22)21-15(2)17-9-8-16-4-3-5-18(16)12-17/h6-12,15H,3-5,13H2,1-2H3,(H,21,22)/t15-/m1/s1. The van der Waals surface area contributed by atoms with E-state index in [0.717, 1.165) is 17.7 Å². The molecule has 3 heteroatoms. The molecular weight excluding hydrogens is 286 g/mol. The molecule has 0 fully saturated rings. The molecule has 0 aromatic heterocycles. The van der Waals surface area contributed by atoms with Gasteiger partial charge in [-0.05, 0) is 61.9 Å². The van der Waals surface area contributed by atoms with E-state index in [1.54, 1.807) is 0 Å². The molecule has 0 heterocycles. The van der Waals surface area contributed by atoms with Crippen molar-refractivity contribution in [2.24, 2.45) is 0 Å². The summed E-state index contributed by atoms with van der Waals surface area (Å²) in [5.41, 5.74) is 5.22. The number of hydrogen-bond donors (Lipinski definition) is 1. The zero-order valence-corrected chi connectivity index (χ0v) is 13.8. The van der Waals surface area contributed by atoms with Crippen molar-refractivity contribution in [2.75, 3.05) is 6.61 Å². The molecule has 3 rings (SSSR count). The predicted molar refractivity (Wildman–Crippen MR) is 91.7 cm³/mol. The number of carbonyl (C=O) groups excluding carboxylic acids is 1. The SMILES string of the molecule is Cc1ccc(OCC(=O)N[C@H](C)c2ccc3c(c2)CCC3)cc1. The molecule has 1 aliphatic carbocycles. The van der Waals surface area contributed by atoms with Gasteiger partial charge in [0.2, 0.25) is 0 Å². The highest BCUT2D eigenvalue weighted by atomic mass is 16.5. The summed E-state index contributed by atoms with van der Waals surface area (Å²) in [6.07, 6.45) is 3.57. The van der Waals surface area contributed by atoms with E-state index in [2.05, 4.69) is 23.5 Å². The molecule has 1 amide bonds. The van der Waals surface area contributed by atoms with Crippen LogP contribution in [0.5, 0.6) is 5.75 Å². The Hall–Kier alpha value is -2.29. The molecule has 23 heavy (non-hydrogen) atoms. The zero-order chi connectivity index (χ0) is 16.2. The van der Waals surface area contributed by atoms with Crippen molar-refractivity contribution in [1.82, 2.24) is 5.32 Å². The van der Waals surface area contributed by atoms with E-state index in [9.17, 15) is 4.79 Å². The lowest BCUT2D eigenvalue weighted by molar-refractivity contribution is -0.123. The third kappa shape index (κ3) is 3.92. The molecule has 1 aliphatic rings. The van der Waals surface area contributed by atoms with Crippen molar-refractivity contribution in [1.29, 1.82) is 0 Å². The Morgan fingerprint density at radius 2 is 1.87 bits per heavy atom. The van der Waals surface area contributed by atoms with E-state index >= 15 is 0 Å². The monoisotopic (exact) mass is 309 g/mol. The van der Waals surface area contributed by atoms with Gasteiger partial charge >= 0.3 is 0 Å². The lowest BCUT2D eigenvalue weighted by Gasteiger charge is -2.16. The zero-order valence-electron chi connectivity index (χ0n) is 13.8. The second-order valence-corrected chi connectivity index (χ2v) is 6.27. The molecule has 0 saturated heterocycles. The van der Waals surface area contributed by atoms with E-state index in [1.165, 1.54) is 29.5 Å². The highest BCUT2D eigenvalue weighted by Gasteiger charge is 2.15. The van der Waals surface area contributed by atoms with Crippen LogP contribution in [0.1, 0.15) is 41.6 Å². The summed E-state index contributed by atoms with van der Waals surface area (Å²) in [7, 11) is 0. The summed E-state index contributed by atoms with van der Waals surface area (Å²) >= 11 is 0. The van der Waals surface area contributed by atoms with Crippen LogP contribution in [0.3, 0.4) is 0 Å². The average molecular weight is 309 g/mol. The highest BCUT2D eigenvalue weighted by Crippen LogP contribution is 2.25. The van der Waals surface area contributed by atoms with Gasteiger partial charge in [-0.1, -0.05) is 35.9 Å². The van der Waals surface area contributed by atoms with Crippen molar-refractivity contribution in [3.05, 3.63) is 64.7 Å². The third-order valence-electron chi connectivity index (χ3n) is 4.39. The molecule has 2 aromatic rings.